The maximum Gasteiger partial charge on any atom is 0.167 e. The zero-order valence-electron chi connectivity index (χ0n) is 10.7. The highest BCUT2D eigenvalue weighted by molar-refractivity contribution is 9.10. The van der Waals surface area contributed by atoms with Gasteiger partial charge in [-0.1, -0.05) is 31.5 Å². The molecule has 0 N–H and O–H groups in total. The van der Waals surface area contributed by atoms with Crippen LogP contribution in [-0.4, -0.2) is 5.78 Å². The van der Waals surface area contributed by atoms with Crippen LogP contribution in [0, 0.1) is 17.8 Å². The Morgan fingerprint density at radius 1 is 1.28 bits per heavy atom. The summed E-state index contributed by atoms with van der Waals surface area (Å²) in [5.41, 5.74) is 0.665. The summed E-state index contributed by atoms with van der Waals surface area (Å²) >= 11 is 9.58. The fourth-order valence-corrected chi connectivity index (χ4v) is 3.28. The van der Waals surface area contributed by atoms with Crippen LogP contribution in [0.25, 0.3) is 0 Å². The van der Waals surface area contributed by atoms with E-state index in [1.165, 1.54) is 0 Å². The van der Waals surface area contributed by atoms with Gasteiger partial charge in [0.2, 0.25) is 0 Å². The highest BCUT2D eigenvalue weighted by atomic mass is 79.9. The largest absolute Gasteiger partial charge is 0.294 e. The van der Waals surface area contributed by atoms with E-state index in [0.717, 1.165) is 29.7 Å². The maximum absolute atomic E-state index is 12.5. The number of halogens is 2. The molecule has 0 bridgehead atoms. The Balaban J connectivity index is 2.19. The second-order valence-electron chi connectivity index (χ2n) is 5.43. The Kier molecular flexibility index (Phi) is 4.50. The number of carbonyl (C=O) groups excluding carboxylic acids is 1. The lowest BCUT2D eigenvalue weighted by molar-refractivity contribution is 0.0837. The van der Waals surface area contributed by atoms with E-state index in [4.69, 9.17) is 11.6 Å². The van der Waals surface area contributed by atoms with Gasteiger partial charge in [0.05, 0.1) is 5.02 Å². The molecule has 0 saturated heterocycles. The van der Waals surface area contributed by atoms with Crippen molar-refractivity contribution in [1.82, 2.24) is 0 Å². The smallest absolute Gasteiger partial charge is 0.167 e. The third-order valence-electron chi connectivity index (χ3n) is 4.19. The lowest BCUT2D eigenvalue weighted by atomic mass is 9.73. The van der Waals surface area contributed by atoms with Crippen molar-refractivity contribution in [3.8, 4) is 0 Å². The first-order valence-electron chi connectivity index (χ1n) is 6.49. The van der Waals surface area contributed by atoms with Gasteiger partial charge >= 0.3 is 0 Å². The summed E-state index contributed by atoms with van der Waals surface area (Å²) in [6.07, 6.45) is 3.12. The van der Waals surface area contributed by atoms with Gasteiger partial charge < -0.3 is 0 Å². The molecule has 3 atom stereocenters. The van der Waals surface area contributed by atoms with Crippen molar-refractivity contribution < 1.29 is 4.79 Å². The molecule has 1 aliphatic carbocycles. The van der Waals surface area contributed by atoms with Gasteiger partial charge in [0.1, 0.15) is 0 Å². The number of rotatable bonds is 2. The molecule has 3 unspecified atom stereocenters. The topological polar surface area (TPSA) is 17.1 Å². The minimum Gasteiger partial charge on any atom is -0.294 e. The second-order valence-corrected chi connectivity index (χ2v) is 6.66. The van der Waals surface area contributed by atoms with Crippen LogP contribution >= 0.6 is 27.5 Å². The van der Waals surface area contributed by atoms with Gasteiger partial charge in [-0.2, -0.15) is 0 Å². The summed E-state index contributed by atoms with van der Waals surface area (Å²) in [7, 11) is 0. The Morgan fingerprint density at radius 2 is 2.00 bits per heavy atom. The van der Waals surface area contributed by atoms with Crippen molar-refractivity contribution in [2.75, 3.05) is 0 Å². The van der Waals surface area contributed by atoms with Crippen LogP contribution in [0.3, 0.4) is 0 Å². The SMILES string of the molecule is CC1CCC(C(=O)c2cccc(Br)c2Cl)CC1C. The zero-order chi connectivity index (χ0) is 13.3. The van der Waals surface area contributed by atoms with Crippen LogP contribution in [-0.2, 0) is 0 Å². The molecule has 0 aliphatic heterocycles. The molecule has 1 saturated carbocycles. The summed E-state index contributed by atoms with van der Waals surface area (Å²) in [6.45, 7) is 4.52. The van der Waals surface area contributed by atoms with Crippen LogP contribution in [0.15, 0.2) is 22.7 Å². The molecule has 18 heavy (non-hydrogen) atoms. The number of Topliss-reactive ketones (excluding diaryl/α,β-unsaturated/α-hetero) is 1. The Hall–Kier alpha value is -0.340. The van der Waals surface area contributed by atoms with Crippen LogP contribution in [0.5, 0.6) is 0 Å². The highest BCUT2D eigenvalue weighted by Crippen LogP contribution is 2.37. The third-order valence-corrected chi connectivity index (χ3v) is 5.48. The Labute approximate surface area is 122 Å². The van der Waals surface area contributed by atoms with E-state index in [0.29, 0.717) is 16.5 Å². The molecule has 1 aromatic carbocycles. The van der Waals surface area contributed by atoms with E-state index in [9.17, 15) is 4.79 Å². The molecule has 3 heteroatoms. The highest BCUT2D eigenvalue weighted by Gasteiger charge is 2.30. The van der Waals surface area contributed by atoms with Gasteiger partial charge in [-0.15, -0.1) is 0 Å². The molecule has 2 rings (SSSR count). The molecule has 0 heterocycles. The summed E-state index contributed by atoms with van der Waals surface area (Å²) in [4.78, 5) is 12.5. The average Bonchev–Trinajstić information content (AvgIpc) is 2.35. The fraction of sp³-hybridized carbons (Fsp3) is 0.533. The predicted molar refractivity (Wildman–Crippen MR) is 79.2 cm³/mol. The molecule has 0 aromatic heterocycles. The number of hydrogen-bond donors (Lipinski definition) is 0. The van der Waals surface area contributed by atoms with Crippen molar-refractivity contribution in [3.05, 3.63) is 33.3 Å². The molecule has 1 aliphatic rings. The van der Waals surface area contributed by atoms with Crippen molar-refractivity contribution in [2.45, 2.75) is 33.1 Å². The van der Waals surface area contributed by atoms with Gasteiger partial charge in [0.25, 0.3) is 0 Å². The van der Waals surface area contributed by atoms with Gasteiger partial charge in [0.15, 0.2) is 5.78 Å². The summed E-state index contributed by atoms with van der Waals surface area (Å²) in [5, 5.41) is 0.550. The fourth-order valence-electron chi connectivity index (χ4n) is 2.70. The number of benzene rings is 1. The predicted octanol–water partition coefficient (Wildman–Crippen LogP) is 5.36. The first kappa shape index (κ1) is 14.1. The molecule has 0 radical (unpaired) electrons. The monoisotopic (exact) mass is 328 g/mol. The molecular weight excluding hydrogens is 312 g/mol. The normalized spacial score (nSPS) is 28.1. The van der Waals surface area contributed by atoms with E-state index in [1.807, 2.05) is 18.2 Å². The summed E-state index contributed by atoms with van der Waals surface area (Å²) in [6, 6.07) is 5.57. The Bertz CT molecular complexity index is 458. The second kappa shape index (κ2) is 5.75. The van der Waals surface area contributed by atoms with Crippen molar-refractivity contribution in [2.24, 2.45) is 17.8 Å². The van der Waals surface area contributed by atoms with Gasteiger partial charge in [-0.25, -0.2) is 0 Å². The molecule has 1 aromatic rings. The van der Waals surface area contributed by atoms with Crippen molar-refractivity contribution in [3.63, 3.8) is 0 Å². The maximum atomic E-state index is 12.5. The van der Waals surface area contributed by atoms with Gasteiger partial charge in [0, 0.05) is 16.0 Å². The van der Waals surface area contributed by atoms with Crippen molar-refractivity contribution in [1.29, 1.82) is 0 Å². The first-order chi connectivity index (χ1) is 8.50. The van der Waals surface area contributed by atoms with Crippen LogP contribution in [0.2, 0.25) is 5.02 Å². The molecule has 98 valence electrons. The Morgan fingerprint density at radius 3 is 2.67 bits per heavy atom. The first-order valence-corrected chi connectivity index (χ1v) is 7.66. The van der Waals surface area contributed by atoms with Crippen molar-refractivity contribution >= 4 is 33.3 Å². The van der Waals surface area contributed by atoms with E-state index >= 15 is 0 Å². The lowest BCUT2D eigenvalue weighted by Crippen LogP contribution is -2.26. The van der Waals surface area contributed by atoms with Crippen LogP contribution < -0.4 is 0 Å². The van der Waals surface area contributed by atoms with Gasteiger partial charge in [-0.3, -0.25) is 4.79 Å². The number of ketones is 1. The molecule has 0 spiro atoms. The van der Waals surface area contributed by atoms with Gasteiger partial charge in [-0.05, 0) is 59.2 Å². The quantitative estimate of drug-likeness (QED) is 0.668. The standard InChI is InChI=1S/C15H18BrClO/c1-9-6-7-11(8-10(9)2)15(18)12-4-3-5-13(16)14(12)17/h3-5,9-11H,6-8H2,1-2H3. The van der Waals surface area contributed by atoms with E-state index in [-0.39, 0.29) is 11.7 Å². The molecule has 1 fully saturated rings. The van der Waals surface area contributed by atoms with Crippen LogP contribution in [0.1, 0.15) is 43.5 Å². The zero-order valence-corrected chi connectivity index (χ0v) is 13.1. The summed E-state index contributed by atoms with van der Waals surface area (Å²) in [5.74, 6) is 1.70. The molecular formula is C15H18BrClO. The number of hydrogen-bond acceptors (Lipinski definition) is 1. The minimum absolute atomic E-state index is 0.142. The minimum atomic E-state index is 0.142. The van der Waals surface area contributed by atoms with E-state index in [2.05, 4.69) is 29.8 Å². The molecule has 1 nitrogen and oxygen atoms in total. The van der Waals surface area contributed by atoms with E-state index < -0.39 is 0 Å². The lowest BCUT2D eigenvalue weighted by Gasteiger charge is -2.31. The summed E-state index contributed by atoms with van der Waals surface area (Å²) < 4.78 is 0.798. The third kappa shape index (κ3) is 2.80. The van der Waals surface area contributed by atoms with Crippen LogP contribution in [0.4, 0.5) is 0 Å². The molecule has 0 amide bonds. The van der Waals surface area contributed by atoms with E-state index in [1.54, 1.807) is 0 Å². The average molecular weight is 330 g/mol. The number of carbonyl (C=O) groups is 1.